The van der Waals surface area contributed by atoms with Crippen molar-refractivity contribution in [2.24, 2.45) is 5.92 Å². The molecule has 0 spiro atoms. The molecule has 1 N–H and O–H groups in total. The fourth-order valence-corrected chi connectivity index (χ4v) is 3.62. The van der Waals surface area contributed by atoms with Gasteiger partial charge in [-0.15, -0.1) is 0 Å². The van der Waals surface area contributed by atoms with Crippen LogP contribution in [0.15, 0.2) is 43.0 Å². The minimum absolute atomic E-state index is 0.0765. The van der Waals surface area contributed by atoms with Gasteiger partial charge in [-0.3, -0.25) is 9.69 Å². The number of aromatic nitrogens is 2. The lowest BCUT2D eigenvalue weighted by molar-refractivity contribution is -0.119. The maximum Gasteiger partial charge on any atom is 0.217 e. The van der Waals surface area contributed by atoms with E-state index in [0.717, 1.165) is 31.7 Å². The van der Waals surface area contributed by atoms with Crippen LogP contribution in [0.2, 0.25) is 0 Å². The Balaban J connectivity index is 1.62. The summed E-state index contributed by atoms with van der Waals surface area (Å²) in [5, 5.41) is 3.13. The van der Waals surface area contributed by atoms with Crippen molar-refractivity contribution in [3.8, 4) is 5.69 Å². The van der Waals surface area contributed by atoms with Crippen molar-refractivity contribution in [1.82, 2.24) is 19.8 Å². The van der Waals surface area contributed by atoms with Gasteiger partial charge in [0.1, 0.15) is 0 Å². The van der Waals surface area contributed by atoms with E-state index in [2.05, 4.69) is 46.4 Å². The molecular weight excluding hydrogens is 300 g/mol. The Morgan fingerprint density at radius 3 is 2.71 bits per heavy atom. The Morgan fingerprint density at radius 1 is 1.29 bits per heavy atom. The van der Waals surface area contributed by atoms with Gasteiger partial charge >= 0.3 is 0 Å². The number of carbonyl (C=O) groups excluding carboxylic acids is 1. The lowest BCUT2D eigenvalue weighted by Gasteiger charge is -2.18. The predicted octanol–water partition coefficient (Wildman–Crippen LogP) is 2.61. The number of rotatable bonds is 6. The highest BCUT2D eigenvalue weighted by molar-refractivity contribution is 5.73. The Hall–Kier alpha value is -2.14. The van der Waals surface area contributed by atoms with E-state index in [-0.39, 0.29) is 11.9 Å². The van der Waals surface area contributed by atoms with Gasteiger partial charge in [0.25, 0.3) is 0 Å². The second-order valence-corrected chi connectivity index (χ2v) is 6.69. The van der Waals surface area contributed by atoms with E-state index in [4.69, 9.17) is 0 Å². The standard InChI is InChI=1S/C19H26N4O/c1-3-4-17-12-22(13-19(17)21-15(2)24)11-16-5-7-18(8-6-16)23-10-9-20-14-23/h5-10,14,17,19H,3-4,11-13H2,1-2H3,(H,21,24)/t17-,19-/m1/s1. The zero-order chi connectivity index (χ0) is 16.9. The first-order chi connectivity index (χ1) is 11.7. The SMILES string of the molecule is CCC[C@@H]1CN(Cc2ccc(-n3ccnc3)cc2)C[C@H]1NC(C)=O. The number of imidazole rings is 1. The van der Waals surface area contributed by atoms with Crippen LogP contribution in [0.3, 0.4) is 0 Å². The van der Waals surface area contributed by atoms with Crippen LogP contribution < -0.4 is 5.32 Å². The molecule has 0 bridgehead atoms. The van der Waals surface area contributed by atoms with E-state index in [1.54, 1.807) is 13.1 Å². The molecule has 5 nitrogen and oxygen atoms in total. The highest BCUT2D eigenvalue weighted by Gasteiger charge is 2.32. The molecule has 0 radical (unpaired) electrons. The number of likely N-dealkylation sites (tertiary alicyclic amines) is 1. The van der Waals surface area contributed by atoms with Gasteiger partial charge < -0.3 is 9.88 Å². The highest BCUT2D eigenvalue weighted by Crippen LogP contribution is 2.23. The quantitative estimate of drug-likeness (QED) is 0.888. The van der Waals surface area contributed by atoms with Crippen LogP contribution in [-0.2, 0) is 11.3 Å². The van der Waals surface area contributed by atoms with Crippen molar-refractivity contribution in [2.45, 2.75) is 39.3 Å². The molecule has 2 aromatic rings. The zero-order valence-electron chi connectivity index (χ0n) is 14.5. The molecule has 1 fully saturated rings. The lowest BCUT2D eigenvalue weighted by Crippen LogP contribution is -2.39. The first kappa shape index (κ1) is 16.7. The van der Waals surface area contributed by atoms with Crippen LogP contribution in [0.25, 0.3) is 5.69 Å². The first-order valence-electron chi connectivity index (χ1n) is 8.72. The summed E-state index contributed by atoms with van der Waals surface area (Å²) >= 11 is 0. The first-order valence-corrected chi connectivity index (χ1v) is 8.72. The summed E-state index contributed by atoms with van der Waals surface area (Å²) in [6.45, 7) is 6.75. The molecule has 0 saturated carbocycles. The molecule has 1 aromatic carbocycles. The van der Waals surface area contributed by atoms with Crippen LogP contribution in [0, 0.1) is 5.92 Å². The molecule has 1 aromatic heterocycles. The second kappa shape index (κ2) is 7.62. The summed E-state index contributed by atoms with van der Waals surface area (Å²) in [4.78, 5) is 18.0. The number of amides is 1. The Labute approximate surface area is 143 Å². The number of nitrogens with one attached hydrogen (secondary N) is 1. The van der Waals surface area contributed by atoms with Crippen LogP contribution in [-0.4, -0.2) is 39.5 Å². The van der Waals surface area contributed by atoms with Crippen molar-refractivity contribution in [2.75, 3.05) is 13.1 Å². The summed E-state index contributed by atoms with van der Waals surface area (Å²) in [6, 6.07) is 8.89. The molecule has 1 aliphatic heterocycles. The number of carbonyl (C=O) groups is 1. The minimum Gasteiger partial charge on any atom is -0.352 e. The van der Waals surface area contributed by atoms with Gasteiger partial charge in [-0.05, 0) is 30.0 Å². The number of hydrogen-bond donors (Lipinski definition) is 1. The average molecular weight is 326 g/mol. The maximum absolute atomic E-state index is 11.4. The molecule has 2 atom stereocenters. The summed E-state index contributed by atoms with van der Waals surface area (Å²) in [7, 11) is 0. The Bertz CT molecular complexity index is 651. The van der Waals surface area contributed by atoms with Crippen LogP contribution in [0.1, 0.15) is 32.3 Å². The molecule has 128 valence electrons. The van der Waals surface area contributed by atoms with E-state index < -0.39 is 0 Å². The molecule has 1 aliphatic rings. The van der Waals surface area contributed by atoms with Crippen molar-refractivity contribution in [3.05, 3.63) is 48.5 Å². The molecule has 24 heavy (non-hydrogen) atoms. The number of hydrogen-bond acceptors (Lipinski definition) is 3. The van der Waals surface area contributed by atoms with Gasteiger partial charge in [-0.2, -0.15) is 0 Å². The van der Waals surface area contributed by atoms with Crippen molar-refractivity contribution >= 4 is 5.91 Å². The third-order valence-corrected chi connectivity index (χ3v) is 4.71. The van der Waals surface area contributed by atoms with Gasteiger partial charge in [0, 0.05) is 50.7 Å². The van der Waals surface area contributed by atoms with E-state index in [0.29, 0.717) is 5.92 Å². The topological polar surface area (TPSA) is 50.2 Å². The van der Waals surface area contributed by atoms with Gasteiger partial charge in [-0.1, -0.05) is 25.5 Å². The van der Waals surface area contributed by atoms with Crippen molar-refractivity contribution in [1.29, 1.82) is 0 Å². The summed E-state index contributed by atoms with van der Waals surface area (Å²) in [5.41, 5.74) is 2.43. The lowest BCUT2D eigenvalue weighted by atomic mass is 9.98. The van der Waals surface area contributed by atoms with Gasteiger partial charge in [-0.25, -0.2) is 4.98 Å². The average Bonchev–Trinajstić information content (AvgIpc) is 3.19. The fraction of sp³-hybridized carbons (Fsp3) is 0.474. The molecule has 0 aliphatic carbocycles. The van der Waals surface area contributed by atoms with Crippen molar-refractivity contribution < 1.29 is 4.79 Å². The van der Waals surface area contributed by atoms with E-state index in [1.165, 1.54) is 12.0 Å². The molecule has 2 heterocycles. The largest absolute Gasteiger partial charge is 0.352 e. The van der Waals surface area contributed by atoms with Crippen LogP contribution >= 0.6 is 0 Å². The maximum atomic E-state index is 11.4. The third-order valence-electron chi connectivity index (χ3n) is 4.71. The molecule has 5 heteroatoms. The Kier molecular flexibility index (Phi) is 5.30. The third kappa shape index (κ3) is 4.03. The van der Waals surface area contributed by atoms with E-state index in [1.807, 2.05) is 17.1 Å². The van der Waals surface area contributed by atoms with Gasteiger partial charge in [0.05, 0.1) is 6.33 Å². The highest BCUT2D eigenvalue weighted by atomic mass is 16.1. The molecule has 3 rings (SSSR count). The second-order valence-electron chi connectivity index (χ2n) is 6.69. The fourth-order valence-electron chi connectivity index (χ4n) is 3.62. The predicted molar refractivity (Wildman–Crippen MR) is 94.8 cm³/mol. The van der Waals surface area contributed by atoms with Crippen molar-refractivity contribution in [3.63, 3.8) is 0 Å². The summed E-state index contributed by atoms with van der Waals surface area (Å²) in [6.07, 6.45) is 7.87. The zero-order valence-corrected chi connectivity index (χ0v) is 14.5. The number of nitrogens with zero attached hydrogens (tertiary/aromatic N) is 3. The van der Waals surface area contributed by atoms with Crippen LogP contribution in [0.4, 0.5) is 0 Å². The van der Waals surface area contributed by atoms with Crippen LogP contribution in [0.5, 0.6) is 0 Å². The molecule has 1 saturated heterocycles. The normalized spacial score (nSPS) is 21.1. The smallest absolute Gasteiger partial charge is 0.217 e. The Morgan fingerprint density at radius 2 is 2.08 bits per heavy atom. The minimum atomic E-state index is 0.0765. The summed E-state index contributed by atoms with van der Waals surface area (Å²) < 4.78 is 2.00. The van der Waals surface area contributed by atoms with Gasteiger partial charge in [0.2, 0.25) is 5.91 Å². The molecule has 1 amide bonds. The van der Waals surface area contributed by atoms with Gasteiger partial charge in [0.15, 0.2) is 0 Å². The molecular formula is C19H26N4O. The monoisotopic (exact) mass is 326 g/mol. The summed E-state index contributed by atoms with van der Waals surface area (Å²) in [5.74, 6) is 0.636. The van der Waals surface area contributed by atoms with E-state index >= 15 is 0 Å². The van der Waals surface area contributed by atoms with E-state index in [9.17, 15) is 4.79 Å². The molecule has 0 unspecified atom stereocenters. The number of benzene rings is 1.